The highest BCUT2D eigenvalue weighted by molar-refractivity contribution is 6.42. The minimum Gasteiger partial charge on any atom is -0.463 e. The molecule has 0 saturated carbocycles. The number of alkyl halides is 1. The Morgan fingerprint density at radius 3 is 2.34 bits per heavy atom. The van der Waals surface area contributed by atoms with Crippen LogP contribution in [0.2, 0.25) is 10.0 Å². The molecule has 29 heavy (non-hydrogen) atoms. The molecule has 1 aliphatic rings. The van der Waals surface area contributed by atoms with E-state index in [0.717, 1.165) is 6.08 Å². The first kappa shape index (κ1) is 23.5. The summed E-state index contributed by atoms with van der Waals surface area (Å²) in [6.07, 6.45) is 0.701. The van der Waals surface area contributed by atoms with E-state index >= 15 is 4.39 Å². The first-order valence-corrected chi connectivity index (χ1v) is 10.2. The van der Waals surface area contributed by atoms with Crippen LogP contribution in [0.1, 0.15) is 46.1 Å². The Kier molecular flexibility index (Phi) is 7.57. The SMILES string of the molecule is CCOC(=O)/C=C(\c1ccc(Cl)c(Cl)c1)C1(F)CCN(C(=O)OC(C)(C)C)CC1. The number of carbonyl (C=O) groups is 2. The zero-order valence-electron chi connectivity index (χ0n) is 17.1. The predicted molar refractivity (Wildman–Crippen MR) is 112 cm³/mol. The minimum atomic E-state index is -1.83. The van der Waals surface area contributed by atoms with E-state index in [2.05, 4.69) is 0 Å². The van der Waals surface area contributed by atoms with Gasteiger partial charge in [-0.3, -0.25) is 0 Å². The molecule has 1 heterocycles. The molecule has 0 aromatic heterocycles. The maximum absolute atomic E-state index is 16.0. The van der Waals surface area contributed by atoms with Gasteiger partial charge in [-0.1, -0.05) is 29.3 Å². The number of hydrogen-bond donors (Lipinski definition) is 0. The fourth-order valence-corrected chi connectivity index (χ4v) is 3.37. The molecule has 0 aliphatic carbocycles. The van der Waals surface area contributed by atoms with Crippen molar-refractivity contribution >= 4 is 40.8 Å². The molecule has 1 aliphatic heterocycles. The Balaban J connectivity index is 2.28. The molecule has 5 nitrogen and oxygen atoms in total. The fourth-order valence-electron chi connectivity index (χ4n) is 3.08. The lowest BCUT2D eigenvalue weighted by Crippen LogP contribution is -2.46. The molecule has 1 fully saturated rings. The number of carbonyl (C=O) groups excluding carboxylic acids is 2. The van der Waals surface area contributed by atoms with Crippen LogP contribution in [0.15, 0.2) is 24.3 Å². The van der Waals surface area contributed by atoms with Crippen LogP contribution >= 0.6 is 23.2 Å². The van der Waals surface area contributed by atoms with Crippen LogP contribution in [0.4, 0.5) is 9.18 Å². The van der Waals surface area contributed by atoms with Gasteiger partial charge in [0.25, 0.3) is 0 Å². The molecular formula is C21H26Cl2FNO4. The van der Waals surface area contributed by atoms with Crippen molar-refractivity contribution in [1.29, 1.82) is 0 Å². The summed E-state index contributed by atoms with van der Waals surface area (Å²) in [4.78, 5) is 25.8. The largest absolute Gasteiger partial charge is 0.463 e. The second-order valence-electron chi connectivity index (χ2n) is 7.87. The highest BCUT2D eigenvalue weighted by Crippen LogP contribution is 2.41. The summed E-state index contributed by atoms with van der Waals surface area (Å²) in [5, 5.41) is 0.590. The Hall–Kier alpha value is -1.79. The van der Waals surface area contributed by atoms with Crippen LogP contribution in [0.5, 0.6) is 0 Å². The van der Waals surface area contributed by atoms with Gasteiger partial charge in [0.15, 0.2) is 0 Å². The third kappa shape index (κ3) is 6.34. The number of likely N-dealkylation sites (tertiary alicyclic amines) is 1. The number of hydrogen-bond acceptors (Lipinski definition) is 4. The van der Waals surface area contributed by atoms with Crippen LogP contribution < -0.4 is 0 Å². The monoisotopic (exact) mass is 445 g/mol. The van der Waals surface area contributed by atoms with E-state index in [4.69, 9.17) is 32.7 Å². The standard InChI is InChI=1S/C21H26Cl2FNO4/c1-5-28-18(26)13-15(14-6-7-16(22)17(23)12-14)21(24)8-10-25(11-9-21)19(27)29-20(2,3)4/h6-7,12-13H,5,8-11H2,1-4H3/b15-13+. The van der Waals surface area contributed by atoms with Crippen molar-refractivity contribution in [2.45, 2.75) is 51.8 Å². The summed E-state index contributed by atoms with van der Waals surface area (Å²) < 4.78 is 26.3. The van der Waals surface area contributed by atoms with Crippen LogP contribution in [-0.4, -0.2) is 47.9 Å². The van der Waals surface area contributed by atoms with Gasteiger partial charge >= 0.3 is 12.1 Å². The Morgan fingerprint density at radius 1 is 1.21 bits per heavy atom. The second-order valence-corrected chi connectivity index (χ2v) is 8.69. The zero-order chi connectivity index (χ0) is 21.8. The Labute approximate surface area is 180 Å². The summed E-state index contributed by atoms with van der Waals surface area (Å²) in [6, 6.07) is 4.69. The molecule has 0 unspecified atom stereocenters. The van der Waals surface area contributed by atoms with Gasteiger partial charge in [-0.25, -0.2) is 14.0 Å². The summed E-state index contributed by atoms with van der Waals surface area (Å²) in [5.74, 6) is -0.639. The second kappa shape index (κ2) is 9.35. The molecule has 0 bridgehead atoms. The van der Waals surface area contributed by atoms with Gasteiger partial charge < -0.3 is 14.4 Å². The van der Waals surface area contributed by atoms with Crippen molar-refractivity contribution < 1.29 is 23.5 Å². The van der Waals surface area contributed by atoms with Gasteiger partial charge in [0.1, 0.15) is 11.3 Å². The number of amides is 1. The molecule has 0 atom stereocenters. The molecule has 2 rings (SSSR count). The maximum Gasteiger partial charge on any atom is 0.410 e. The van der Waals surface area contributed by atoms with Crippen molar-refractivity contribution in [3.63, 3.8) is 0 Å². The van der Waals surface area contributed by atoms with E-state index in [9.17, 15) is 9.59 Å². The van der Waals surface area contributed by atoms with E-state index in [1.54, 1.807) is 39.8 Å². The molecule has 1 aromatic carbocycles. The number of nitrogens with zero attached hydrogens (tertiary/aromatic N) is 1. The number of allylic oxidation sites excluding steroid dienone is 1. The summed E-state index contributed by atoms with van der Waals surface area (Å²) in [6.45, 7) is 7.50. The number of benzene rings is 1. The van der Waals surface area contributed by atoms with E-state index in [1.807, 2.05) is 0 Å². The van der Waals surface area contributed by atoms with Crippen molar-refractivity contribution in [3.8, 4) is 0 Å². The molecular weight excluding hydrogens is 420 g/mol. The van der Waals surface area contributed by atoms with Crippen LogP contribution in [0.3, 0.4) is 0 Å². The lowest BCUT2D eigenvalue weighted by Gasteiger charge is -2.38. The first-order valence-electron chi connectivity index (χ1n) is 9.46. The number of halogens is 3. The Bertz CT molecular complexity index is 796. The average molecular weight is 446 g/mol. The summed E-state index contributed by atoms with van der Waals surface area (Å²) in [5.41, 5.74) is -1.85. The van der Waals surface area contributed by atoms with Crippen molar-refractivity contribution in [2.24, 2.45) is 0 Å². The smallest absolute Gasteiger partial charge is 0.410 e. The lowest BCUT2D eigenvalue weighted by atomic mass is 9.82. The molecule has 160 valence electrons. The quantitative estimate of drug-likeness (QED) is 0.441. The molecule has 0 spiro atoms. The number of esters is 1. The van der Waals surface area contributed by atoms with Gasteiger partial charge in [-0.2, -0.15) is 0 Å². The molecule has 0 N–H and O–H groups in total. The van der Waals surface area contributed by atoms with E-state index in [0.29, 0.717) is 10.6 Å². The van der Waals surface area contributed by atoms with Crippen LogP contribution in [0.25, 0.3) is 5.57 Å². The topological polar surface area (TPSA) is 55.8 Å². The number of rotatable bonds is 4. The van der Waals surface area contributed by atoms with Crippen LogP contribution in [-0.2, 0) is 14.3 Å². The summed E-state index contributed by atoms with van der Waals surface area (Å²) in [7, 11) is 0. The number of piperidine rings is 1. The molecule has 1 amide bonds. The Morgan fingerprint density at radius 2 is 1.83 bits per heavy atom. The number of ether oxygens (including phenoxy) is 2. The first-order chi connectivity index (χ1) is 13.4. The fraction of sp³-hybridized carbons (Fsp3) is 0.524. The molecule has 1 aromatic rings. The third-order valence-corrected chi connectivity index (χ3v) is 5.21. The molecule has 0 radical (unpaired) electrons. The van der Waals surface area contributed by atoms with Crippen molar-refractivity contribution in [2.75, 3.05) is 19.7 Å². The van der Waals surface area contributed by atoms with Gasteiger partial charge in [0.05, 0.1) is 16.7 Å². The minimum absolute atomic E-state index is 0.0116. The average Bonchev–Trinajstić information content (AvgIpc) is 2.61. The van der Waals surface area contributed by atoms with Crippen molar-refractivity contribution in [1.82, 2.24) is 4.90 Å². The van der Waals surface area contributed by atoms with Gasteiger partial charge in [0.2, 0.25) is 0 Å². The third-order valence-electron chi connectivity index (χ3n) is 4.47. The highest BCUT2D eigenvalue weighted by atomic mass is 35.5. The zero-order valence-corrected chi connectivity index (χ0v) is 18.6. The van der Waals surface area contributed by atoms with E-state index in [-0.39, 0.29) is 43.1 Å². The normalized spacial score (nSPS) is 17.1. The van der Waals surface area contributed by atoms with Gasteiger partial charge in [0, 0.05) is 37.6 Å². The van der Waals surface area contributed by atoms with Gasteiger partial charge in [-0.05, 0) is 45.4 Å². The maximum atomic E-state index is 16.0. The molecule has 1 saturated heterocycles. The highest BCUT2D eigenvalue weighted by Gasteiger charge is 2.41. The van der Waals surface area contributed by atoms with Gasteiger partial charge in [-0.15, -0.1) is 0 Å². The molecule has 8 heteroatoms. The summed E-state index contributed by atoms with van der Waals surface area (Å²) >= 11 is 12.1. The van der Waals surface area contributed by atoms with Crippen molar-refractivity contribution in [3.05, 3.63) is 39.9 Å². The van der Waals surface area contributed by atoms with E-state index in [1.165, 1.54) is 11.0 Å². The van der Waals surface area contributed by atoms with E-state index < -0.39 is 23.3 Å². The lowest BCUT2D eigenvalue weighted by molar-refractivity contribution is -0.137. The predicted octanol–water partition coefficient (Wildman–Crippen LogP) is 5.68. The van der Waals surface area contributed by atoms with Crippen LogP contribution in [0, 0.1) is 0 Å².